The normalized spacial score (nSPS) is 29.2. The summed E-state index contributed by atoms with van der Waals surface area (Å²) in [6, 6.07) is 1.97. The zero-order chi connectivity index (χ0) is 13.8. The fraction of sp³-hybridized carbons (Fsp3) is 0.917. The lowest BCUT2D eigenvalue weighted by atomic mass is 9.78. The van der Waals surface area contributed by atoms with E-state index in [1.54, 1.807) is 0 Å². The molecule has 6 heteroatoms. The average molecular weight is 273 g/mol. The molecule has 0 aromatic heterocycles. The van der Waals surface area contributed by atoms with Crippen molar-refractivity contribution in [3.8, 4) is 6.07 Å². The third kappa shape index (κ3) is 3.94. The van der Waals surface area contributed by atoms with Gasteiger partial charge in [0.05, 0.1) is 6.07 Å². The summed E-state index contributed by atoms with van der Waals surface area (Å²) >= 11 is 0. The second-order valence-corrected chi connectivity index (χ2v) is 7.04. The first-order valence-electron chi connectivity index (χ1n) is 6.49. The van der Waals surface area contributed by atoms with Gasteiger partial charge in [-0.15, -0.1) is 0 Å². The maximum atomic E-state index is 12.1. The van der Waals surface area contributed by atoms with Gasteiger partial charge in [-0.2, -0.15) is 22.7 Å². The molecule has 1 N–H and O–H groups in total. The number of hydrogen-bond acceptors (Lipinski definition) is 3. The van der Waals surface area contributed by atoms with Crippen molar-refractivity contribution in [2.75, 3.05) is 13.6 Å². The van der Waals surface area contributed by atoms with Crippen LogP contribution in [-0.2, 0) is 10.2 Å². The van der Waals surface area contributed by atoms with E-state index in [1.807, 2.05) is 6.07 Å². The molecule has 3 unspecified atom stereocenters. The number of rotatable bonds is 5. The molecule has 1 saturated carbocycles. The van der Waals surface area contributed by atoms with E-state index in [4.69, 9.17) is 5.26 Å². The second kappa shape index (κ2) is 6.50. The van der Waals surface area contributed by atoms with E-state index < -0.39 is 10.2 Å². The maximum Gasteiger partial charge on any atom is 0.279 e. The van der Waals surface area contributed by atoms with Gasteiger partial charge in [-0.1, -0.05) is 26.7 Å². The Morgan fingerprint density at radius 2 is 2.06 bits per heavy atom. The zero-order valence-corrected chi connectivity index (χ0v) is 12.2. The van der Waals surface area contributed by atoms with Crippen LogP contribution in [0.3, 0.4) is 0 Å². The Balaban J connectivity index is 2.62. The standard InChI is InChI=1S/C12H23N3O2S/c1-10-6-4-7-12(11(10)2)14-18(16,17)15(3)9-5-8-13/h10-12,14H,4-7,9H2,1-3H3. The van der Waals surface area contributed by atoms with Crippen LogP contribution in [0.1, 0.15) is 39.5 Å². The maximum absolute atomic E-state index is 12.1. The lowest BCUT2D eigenvalue weighted by molar-refractivity contribution is 0.224. The summed E-state index contributed by atoms with van der Waals surface area (Å²) in [7, 11) is -1.95. The lowest BCUT2D eigenvalue weighted by Gasteiger charge is -2.35. The van der Waals surface area contributed by atoms with Crippen molar-refractivity contribution < 1.29 is 8.42 Å². The molecular weight excluding hydrogens is 250 g/mol. The minimum absolute atomic E-state index is 0.0169. The molecule has 0 spiro atoms. The smallest absolute Gasteiger partial charge is 0.199 e. The van der Waals surface area contributed by atoms with E-state index in [0.717, 1.165) is 12.8 Å². The first-order chi connectivity index (χ1) is 8.38. The van der Waals surface area contributed by atoms with E-state index in [9.17, 15) is 8.42 Å². The molecule has 18 heavy (non-hydrogen) atoms. The molecule has 0 saturated heterocycles. The average Bonchev–Trinajstić information content (AvgIpc) is 2.31. The summed E-state index contributed by atoms with van der Waals surface area (Å²) in [5, 5.41) is 8.49. The first-order valence-corrected chi connectivity index (χ1v) is 7.93. The summed E-state index contributed by atoms with van der Waals surface area (Å²) in [6.45, 7) is 4.51. The van der Waals surface area contributed by atoms with Crippen LogP contribution in [0.25, 0.3) is 0 Å². The van der Waals surface area contributed by atoms with E-state index in [2.05, 4.69) is 18.6 Å². The Morgan fingerprint density at radius 3 is 2.67 bits per heavy atom. The molecule has 1 rings (SSSR count). The molecule has 104 valence electrons. The van der Waals surface area contributed by atoms with E-state index in [0.29, 0.717) is 11.8 Å². The molecular formula is C12H23N3O2S. The highest BCUT2D eigenvalue weighted by Crippen LogP contribution is 2.29. The van der Waals surface area contributed by atoms with E-state index >= 15 is 0 Å². The Kier molecular flexibility index (Phi) is 5.57. The topological polar surface area (TPSA) is 73.2 Å². The molecule has 3 atom stereocenters. The predicted octanol–water partition coefficient (Wildman–Crippen LogP) is 1.49. The minimum Gasteiger partial charge on any atom is -0.199 e. The van der Waals surface area contributed by atoms with E-state index in [1.165, 1.54) is 17.8 Å². The molecule has 0 radical (unpaired) electrons. The molecule has 0 heterocycles. The highest BCUT2D eigenvalue weighted by molar-refractivity contribution is 7.87. The molecule has 5 nitrogen and oxygen atoms in total. The molecule has 1 aliphatic rings. The molecule has 1 aliphatic carbocycles. The Labute approximate surface area is 110 Å². The molecule has 1 fully saturated rings. The van der Waals surface area contributed by atoms with Gasteiger partial charge in [-0.3, -0.25) is 0 Å². The summed E-state index contributed by atoms with van der Waals surface area (Å²) in [4.78, 5) is 0. The monoisotopic (exact) mass is 273 g/mol. The van der Waals surface area contributed by atoms with Gasteiger partial charge in [-0.25, -0.2) is 0 Å². The SMILES string of the molecule is CC1CCCC(NS(=O)(=O)N(C)CCC#N)C1C. The minimum atomic E-state index is -3.46. The van der Waals surface area contributed by atoms with Gasteiger partial charge in [0.2, 0.25) is 0 Å². The number of nitrogens with one attached hydrogen (secondary N) is 1. The van der Waals surface area contributed by atoms with Crippen molar-refractivity contribution in [1.29, 1.82) is 5.26 Å². The summed E-state index contributed by atoms with van der Waals surface area (Å²) < 4.78 is 28.1. The predicted molar refractivity (Wildman–Crippen MR) is 70.9 cm³/mol. The Hall–Kier alpha value is -0.640. The fourth-order valence-electron chi connectivity index (χ4n) is 2.36. The first kappa shape index (κ1) is 15.4. The van der Waals surface area contributed by atoms with Crippen molar-refractivity contribution >= 4 is 10.2 Å². The third-order valence-electron chi connectivity index (χ3n) is 3.96. The highest BCUT2D eigenvalue weighted by Gasteiger charge is 2.31. The van der Waals surface area contributed by atoms with Crippen LogP contribution < -0.4 is 4.72 Å². The van der Waals surface area contributed by atoms with Gasteiger partial charge in [0.15, 0.2) is 0 Å². The molecule has 0 amide bonds. The van der Waals surface area contributed by atoms with Crippen molar-refractivity contribution in [3.05, 3.63) is 0 Å². The van der Waals surface area contributed by atoms with Crippen molar-refractivity contribution in [1.82, 2.24) is 9.03 Å². The van der Waals surface area contributed by atoms with Crippen molar-refractivity contribution in [2.45, 2.75) is 45.6 Å². The van der Waals surface area contributed by atoms with Gasteiger partial charge >= 0.3 is 0 Å². The van der Waals surface area contributed by atoms with Gasteiger partial charge < -0.3 is 0 Å². The quantitative estimate of drug-likeness (QED) is 0.824. The van der Waals surface area contributed by atoms with Crippen LogP contribution in [0.15, 0.2) is 0 Å². The largest absolute Gasteiger partial charge is 0.279 e. The van der Waals surface area contributed by atoms with Crippen molar-refractivity contribution in [2.24, 2.45) is 11.8 Å². The van der Waals surface area contributed by atoms with Crippen LogP contribution in [-0.4, -0.2) is 32.4 Å². The van der Waals surface area contributed by atoms with Crippen LogP contribution in [0.5, 0.6) is 0 Å². The molecule has 0 aromatic carbocycles. The zero-order valence-electron chi connectivity index (χ0n) is 11.4. The molecule has 0 aliphatic heterocycles. The summed E-state index contributed by atoms with van der Waals surface area (Å²) in [5.74, 6) is 0.911. The molecule has 0 bridgehead atoms. The van der Waals surface area contributed by atoms with Crippen LogP contribution >= 0.6 is 0 Å². The van der Waals surface area contributed by atoms with Gasteiger partial charge in [0, 0.05) is 26.1 Å². The summed E-state index contributed by atoms with van der Waals surface area (Å²) in [5.41, 5.74) is 0. The van der Waals surface area contributed by atoms with Gasteiger partial charge in [0.25, 0.3) is 10.2 Å². The Bertz CT molecular complexity index is 402. The lowest BCUT2D eigenvalue weighted by Crippen LogP contribution is -2.48. The third-order valence-corrected chi connectivity index (χ3v) is 5.56. The van der Waals surface area contributed by atoms with Gasteiger partial charge in [0.1, 0.15) is 0 Å². The summed E-state index contributed by atoms with van der Waals surface area (Å²) in [6.07, 6.45) is 3.36. The Morgan fingerprint density at radius 1 is 1.39 bits per heavy atom. The second-order valence-electron chi connectivity index (χ2n) is 5.23. The highest BCUT2D eigenvalue weighted by atomic mass is 32.2. The fourth-order valence-corrected chi connectivity index (χ4v) is 3.58. The van der Waals surface area contributed by atoms with Gasteiger partial charge in [-0.05, 0) is 18.3 Å². The number of nitrogens with zero attached hydrogens (tertiary/aromatic N) is 2. The van der Waals surface area contributed by atoms with E-state index in [-0.39, 0.29) is 19.0 Å². The number of hydrogen-bond donors (Lipinski definition) is 1. The van der Waals surface area contributed by atoms with Crippen LogP contribution in [0.2, 0.25) is 0 Å². The van der Waals surface area contributed by atoms with Crippen LogP contribution in [0, 0.1) is 23.2 Å². The number of nitriles is 1. The van der Waals surface area contributed by atoms with Crippen molar-refractivity contribution in [3.63, 3.8) is 0 Å². The molecule has 0 aromatic rings. The van der Waals surface area contributed by atoms with Crippen LogP contribution in [0.4, 0.5) is 0 Å².